The van der Waals surface area contributed by atoms with E-state index < -0.39 is 0 Å². The van der Waals surface area contributed by atoms with E-state index in [0.29, 0.717) is 12.1 Å². The molecule has 0 amide bonds. The van der Waals surface area contributed by atoms with Gasteiger partial charge in [0.25, 0.3) is 0 Å². The Hall–Kier alpha value is -1.64. The number of likely N-dealkylation sites (N-methyl/N-ethyl adjacent to an activating group) is 1. The van der Waals surface area contributed by atoms with Gasteiger partial charge in [0.05, 0.1) is 7.05 Å². The van der Waals surface area contributed by atoms with Crippen molar-refractivity contribution in [3.8, 4) is 0 Å². The van der Waals surface area contributed by atoms with Crippen molar-refractivity contribution in [1.82, 2.24) is 0 Å². The van der Waals surface area contributed by atoms with Crippen molar-refractivity contribution in [2.75, 3.05) is 20.1 Å². The highest BCUT2D eigenvalue weighted by atomic mass is 15.4. The molecule has 1 aliphatic heterocycles. The molecule has 4 rings (SSSR count). The summed E-state index contributed by atoms with van der Waals surface area (Å²) in [5.74, 6) is 0. The summed E-state index contributed by atoms with van der Waals surface area (Å²) in [5, 5.41) is 0. The van der Waals surface area contributed by atoms with Gasteiger partial charge in [0.2, 0.25) is 0 Å². The van der Waals surface area contributed by atoms with Gasteiger partial charge >= 0.3 is 0 Å². The van der Waals surface area contributed by atoms with E-state index in [1.54, 1.807) is 0 Å². The maximum absolute atomic E-state index is 6.12. The van der Waals surface area contributed by atoms with E-state index in [9.17, 15) is 0 Å². The monoisotopic (exact) mass is 279 g/mol. The van der Waals surface area contributed by atoms with E-state index in [-0.39, 0.29) is 0 Å². The highest BCUT2D eigenvalue weighted by molar-refractivity contribution is 5.43. The number of aryl methyl sites for hydroxylation is 2. The second kappa shape index (κ2) is 4.69. The summed E-state index contributed by atoms with van der Waals surface area (Å²) in [6.45, 7) is 2.15. The Morgan fingerprint density at radius 2 is 1.33 bits per heavy atom. The number of nitrogens with zero attached hydrogens (tertiary/aromatic N) is 1. The van der Waals surface area contributed by atoms with Gasteiger partial charge in [-0.25, -0.2) is 0 Å². The van der Waals surface area contributed by atoms with Crippen LogP contribution in [0.4, 0.5) is 0 Å². The van der Waals surface area contributed by atoms with E-state index in [1.165, 1.54) is 22.3 Å². The Balaban J connectivity index is 1.90. The van der Waals surface area contributed by atoms with Crippen LogP contribution < -0.4 is 5.73 Å². The molecule has 0 radical (unpaired) electrons. The summed E-state index contributed by atoms with van der Waals surface area (Å²) >= 11 is 0. The van der Waals surface area contributed by atoms with Crippen LogP contribution in [0, 0.1) is 0 Å². The fourth-order valence-electron chi connectivity index (χ4n) is 4.39. The van der Waals surface area contributed by atoms with Crippen LogP contribution in [0.3, 0.4) is 0 Å². The number of hydrogen-bond acceptors (Lipinski definition) is 1. The first-order valence-corrected chi connectivity index (χ1v) is 7.93. The van der Waals surface area contributed by atoms with Gasteiger partial charge in [-0.05, 0) is 24.0 Å². The summed E-state index contributed by atoms with van der Waals surface area (Å²) in [6, 6.07) is 18.8. The first kappa shape index (κ1) is 13.1. The third kappa shape index (κ3) is 2.02. The normalized spacial score (nSPS) is 28.2. The Kier molecular flexibility index (Phi) is 2.91. The minimum Gasteiger partial charge on any atom is -0.318 e. The van der Waals surface area contributed by atoms with Crippen molar-refractivity contribution in [1.29, 1.82) is 0 Å². The molecule has 21 heavy (non-hydrogen) atoms. The molecule has 0 aromatic heterocycles. The zero-order chi connectivity index (χ0) is 14.4. The minimum atomic E-state index is 0.359. The first-order chi connectivity index (χ1) is 10.2. The Morgan fingerprint density at radius 3 is 1.81 bits per heavy atom. The van der Waals surface area contributed by atoms with E-state index >= 15 is 0 Å². The lowest BCUT2D eigenvalue weighted by molar-refractivity contribution is -0.971. The molecule has 1 fully saturated rings. The van der Waals surface area contributed by atoms with Crippen molar-refractivity contribution >= 4 is 0 Å². The SMILES string of the molecule is C[N+]1(C2c3ccccc3CCc3ccccc32)CC(N)C1. The van der Waals surface area contributed by atoms with Crippen molar-refractivity contribution in [3.05, 3.63) is 70.8 Å². The Labute approximate surface area is 126 Å². The Bertz CT molecular complexity index is 623. The van der Waals surface area contributed by atoms with E-state index in [2.05, 4.69) is 55.6 Å². The largest absolute Gasteiger partial charge is 0.318 e. The number of hydrogen-bond donors (Lipinski definition) is 1. The molecule has 0 saturated carbocycles. The smallest absolute Gasteiger partial charge is 0.141 e. The standard InChI is InChI=1S/C19H23N2/c1-21(12-16(20)13-21)19-17-8-4-2-6-14(17)10-11-15-7-3-5-9-18(15)19/h2-9,16,19H,10-13,20H2,1H3/q+1. The van der Waals surface area contributed by atoms with E-state index in [1.807, 2.05) is 0 Å². The second-order valence-electron chi connectivity index (χ2n) is 6.90. The number of fused-ring (bicyclic) bond motifs is 2. The van der Waals surface area contributed by atoms with Gasteiger partial charge < -0.3 is 10.2 Å². The van der Waals surface area contributed by atoms with Gasteiger partial charge in [-0.2, -0.15) is 0 Å². The maximum Gasteiger partial charge on any atom is 0.141 e. The summed E-state index contributed by atoms with van der Waals surface area (Å²) in [7, 11) is 2.37. The summed E-state index contributed by atoms with van der Waals surface area (Å²) in [6.07, 6.45) is 2.30. The van der Waals surface area contributed by atoms with E-state index in [0.717, 1.165) is 30.4 Å². The lowest BCUT2D eigenvalue weighted by Crippen LogP contribution is -2.68. The highest BCUT2D eigenvalue weighted by Crippen LogP contribution is 2.42. The van der Waals surface area contributed by atoms with Crippen LogP contribution in [-0.2, 0) is 12.8 Å². The second-order valence-corrected chi connectivity index (χ2v) is 6.90. The summed E-state index contributed by atoms with van der Waals surface area (Å²) < 4.78 is 1.05. The molecule has 0 spiro atoms. The molecule has 2 aromatic carbocycles. The maximum atomic E-state index is 6.12. The molecule has 1 heterocycles. The molecule has 108 valence electrons. The Morgan fingerprint density at radius 1 is 0.857 bits per heavy atom. The molecule has 0 atom stereocenters. The average molecular weight is 279 g/mol. The molecule has 1 aliphatic carbocycles. The molecule has 2 aromatic rings. The lowest BCUT2D eigenvalue weighted by atomic mass is 9.88. The number of nitrogens with two attached hydrogens (primary N) is 1. The molecule has 0 bridgehead atoms. The van der Waals surface area contributed by atoms with Gasteiger partial charge in [0.1, 0.15) is 25.2 Å². The van der Waals surface area contributed by atoms with Gasteiger partial charge in [0.15, 0.2) is 0 Å². The van der Waals surface area contributed by atoms with E-state index in [4.69, 9.17) is 5.73 Å². The van der Waals surface area contributed by atoms with Crippen molar-refractivity contribution in [2.45, 2.75) is 24.9 Å². The number of quaternary nitrogens is 1. The predicted octanol–water partition coefficient (Wildman–Crippen LogP) is 2.66. The van der Waals surface area contributed by atoms with Crippen LogP contribution in [0.15, 0.2) is 48.5 Å². The van der Waals surface area contributed by atoms with Crippen molar-refractivity contribution < 1.29 is 4.48 Å². The highest BCUT2D eigenvalue weighted by Gasteiger charge is 2.47. The molecule has 2 heteroatoms. The molecule has 2 N–H and O–H groups in total. The van der Waals surface area contributed by atoms with Crippen LogP contribution in [0.25, 0.3) is 0 Å². The molecule has 0 unspecified atom stereocenters. The lowest BCUT2D eigenvalue weighted by Gasteiger charge is -2.51. The van der Waals surface area contributed by atoms with Gasteiger partial charge in [-0.1, -0.05) is 48.5 Å². The van der Waals surface area contributed by atoms with Crippen LogP contribution in [0.2, 0.25) is 0 Å². The first-order valence-electron chi connectivity index (χ1n) is 7.93. The molecule has 2 nitrogen and oxygen atoms in total. The third-order valence-electron chi connectivity index (χ3n) is 5.29. The number of rotatable bonds is 1. The fourth-order valence-corrected chi connectivity index (χ4v) is 4.39. The van der Waals surface area contributed by atoms with Crippen LogP contribution >= 0.6 is 0 Å². The molecular formula is C19H23N2+. The molecule has 2 aliphatic rings. The van der Waals surface area contributed by atoms with Gasteiger partial charge in [-0.15, -0.1) is 0 Å². The van der Waals surface area contributed by atoms with Crippen molar-refractivity contribution in [3.63, 3.8) is 0 Å². The quantitative estimate of drug-likeness (QED) is 0.798. The fraction of sp³-hybridized carbons (Fsp3) is 0.368. The molecular weight excluding hydrogens is 256 g/mol. The number of benzene rings is 2. The summed E-state index contributed by atoms with van der Waals surface area (Å²) in [4.78, 5) is 0. The van der Waals surface area contributed by atoms with Gasteiger partial charge in [0, 0.05) is 11.1 Å². The molecule has 1 saturated heterocycles. The number of likely N-dealkylation sites (tertiary alicyclic amines) is 1. The predicted molar refractivity (Wildman–Crippen MR) is 86.0 cm³/mol. The van der Waals surface area contributed by atoms with Gasteiger partial charge in [-0.3, -0.25) is 0 Å². The van der Waals surface area contributed by atoms with Crippen LogP contribution in [0.5, 0.6) is 0 Å². The van der Waals surface area contributed by atoms with Crippen molar-refractivity contribution in [2.24, 2.45) is 5.73 Å². The average Bonchev–Trinajstić information content (AvgIpc) is 2.62. The van der Waals surface area contributed by atoms with Crippen LogP contribution in [0.1, 0.15) is 28.3 Å². The minimum absolute atomic E-state index is 0.359. The van der Waals surface area contributed by atoms with Crippen LogP contribution in [-0.4, -0.2) is 30.7 Å². The summed E-state index contributed by atoms with van der Waals surface area (Å²) in [5.41, 5.74) is 12.2. The third-order valence-corrected chi connectivity index (χ3v) is 5.29. The zero-order valence-corrected chi connectivity index (χ0v) is 12.6. The topological polar surface area (TPSA) is 26.0 Å². The zero-order valence-electron chi connectivity index (χ0n) is 12.6.